The first-order valence-corrected chi connectivity index (χ1v) is 7.24. The van der Waals surface area contributed by atoms with Crippen molar-refractivity contribution in [2.75, 3.05) is 26.1 Å². The van der Waals surface area contributed by atoms with E-state index in [9.17, 15) is 0 Å². The molecule has 0 saturated carbocycles. The number of aryl methyl sites for hydroxylation is 1. The number of rotatable bonds is 6. The van der Waals surface area contributed by atoms with Crippen LogP contribution in [0.1, 0.15) is 18.6 Å². The minimum atomic E-state index is 0. The van der Waals surface area contributed by atoms with Gasteiger partial charge < -0.3 is 24.6 Å². The van der Waals surface area contributed by atoms with Crippen molar-refractivity contribution >= 4 is 35.6 Å². The molecule has 24 heavy (non-hydrogen) atoms. The molecular weight excluding hydrogens is 425 g/mol. The predicted molar refractivity (Wildman–Crippen MR) is 102 cm³/mol. The van der Waals surface area contributed by atoms with Gasteiger partial charge >= 0.3 is 0 Å². The third-order valence-electron chi connectivity index (χ3n) is 2.93. The van der Waals surface area contributed by atoms with Crippen LogP contribution in [-0.2, 0) is 6.54 Å². The van der Waals surface area contributed by atoms with Gasteiger partial charge in [0.15, 0.2) is 23.3 Å². The highest BCUT2D eigenvalue weighted by Gasteiger charge is 2.08. The first kappa shape index (κ1) is 20.0. The smallest absolute Gasteiger partial charge is 0.246 e. The van der Waals surface area contributed by atoms with Gasteiger partial charge in [-0.1, -0.05) is 5.16 Å². The number of aromatic nitrogens is 2. The molecular formula is C15H22IN5O3. The Hall–Kier alpha value is -2.04. The van der Waals surface area contributed by atoms with Crippen LogP contribution in [0.15, 0.2) is 27.7 Å². The maximum atomic E-state index is 5.56. The van der Waals surface area contributed by atoms with Crippen molar-refractivity contribution in [3.63, 3.8) is 0 Å². The van der Waals surface area contributed by atoms with E-state index < -0.39 is 0 Å². The predicted octanol–water partition coefficient (Wildman–Crippen LogP) is 2.59. The van der Waals surface area contributed by atoms with Crippen LogP contribution in [0.4, 0.5) is 5.69 Å². The number of hydrogen-bond acceptors (Lipinski definition) is 6. The lowest BCUT2D eigenvalue weighted by Gasteiger charge is -2.14. The summed E-state index contributed by atoms with van der Waals surface area (Å²) in [6, 6.07) is 5.57. The molecule has 0 atom stereocenters. The zero-order valence-electron chi connectivity index (χ0n) is 14.1. The molecule has 0 bridgehead atoms. The highest BCUT2D eigenvalue weighted by molar-refractivity contribution is 14.0. The molecule has 2 rings (SSSR count). The van der Waals surface area contributed by atoms with Gasteiger partial charge in [-0.05, 0) is 26.0 Å². The minimum absolute atomic E-state index is 0. The van der Waals surface area contributed by atoms with E-state index in [1.807, 2.05) is 25.1 Å². The van der Waals surface area contributed by atoms with E-state index in [1.165, 1.54) is 0 Å². The zero-order valence-corrected chi connectivity index (χ0v) is 16.5. The van der Waals surface area contributed by atoms with E-state index in [0.29, 0.717) is 42.3 Å². The lowest BCUT2D eigenvalue weighted by Crippen LogP contribution is -2.30. The molecule has 0 unspecified atom stereocenters. The average molecular weight is 447 g/mol. The lowest BCUT2D eigenvalue weighted by atomic mass is 10.2. The summed E-state index contributed by atoms with van der Waals surface area (Å²) in [6.07, 6.45) is 0. The Bertz CT molecular complexity index is 675. The molecule has 0 aliphatic heterocycles. The number of aliphatic imine (C=N–C) groups is 1. The van der Waals surface area contributed by atoms with Gasteiger partial charge in [0.05, 0.1) is 20.3 Å². The van der Waals surface area contributed by atoms with Gasteiger partial charge in [-0.3, -0.25) is 4.99 Å². The van der Waals surface area contributed by atoms with Crippen LogP contribution in [0.2, 0.25) is 0 Å². The largest absolute Gasteiger partial charge is 0.493 e. The van der Waals surface area contributed by atoms with E-state index in [1.54, 1.807) is 21.1 Å². The number of anilines is 1. The fraction of sp³-hybridized carbons (Fsp3) is 0.400. The van der Waals surface area contributed by atoms with E-state index in [0.717, 1.165) is 5.69 Å². The monoisotopic (exact) mass is 447 g/mol. The number of benzene rings is 1. The summed E-state index contributed by atoms with van der Waals surface area (Å²) < 4.78 is 15.9. The molecule has 0 radical (unpaired) electrons. The van der Waals surface area contributed by atoms with Crippen LogP contribution >= 0.6 is 24.0 Å². The minimum Gasteiger partial charge on any atom is -0.493 e. The van der Waals surface area contributed by atoms with E-state index in [2.05, 4.69) is 25.8 Å². The fourth-order valence-electron chi connectivity index (χ4n) is 1.91. The van der Waals surface area contributed by atoms with Gasteiger partial charge in [-0.25, -0.2) is 0 Å². The number of ether oxygens (including phenoxy) is 2. The Morgan fingerprint density at radius 3 is 2.71 bits per heavy atom. The summed E-state index contributed by atoms with van der Waals surface area (Å²) in [6.45, 7) is 4.64. The second-order valence-electron chi connectivity index (χ2n) is 4.58. The number of hydrogen-bond donors (Lipinski definition) is 2. The second kappa shape index (κ2) is 9.96. The zero-order chi connectivity index (χ0) is 16.7. The maximum Gasteiger partial charge on any atom is 0.246 e. The van der Waals surface area contributed by atoms with Gasteiger partial charge in [0.25, 0.3) is 0 Å². The summed E-state index contributed by atoms with van der Waals surface area (Å²) in [5, 5.41) is 10.0. The van der Waals surface area contributed by atoms with Crippen molar-refractivity contribution in [1.82, 2.24) is 15.5 Å². The first-order valence-electron chi connectivity index (χ1n) is 7.24. The molecule has 2 N–H and O–H groups in total. The Morgan fingerprint density at radius 1 is 1.33 bits per heavy atom. The summed E-state index contributed by atoms with van der Waals surface area (Å²) in [7, 11) is 3.29. The van der Waals surface area contributed by atoms with Crippen LogP contribution in [0.25, 0.3) is 0 Å². The van der Waals surface area contributed by atoms with Gasteiger partial charge in [0, 0.05) is 18.8 Å². The fourth-order valence-corrected chi connectivity index (χ4v) is 1.91. The summed E-state index contributed by atoms with van der Waals surface area (Å²) in [4.78, 5) is 8.28. The number of guanidine groups is 1. The van der Waals surface area contributed by atoms with Gasteiger partial charge in [0.1, 0.15) is 0 Å². The standard InChI is InChI=1S/C15H21N5O3.HI/c1-5-22-13-8-11(6-7-12(13)21-4)19-15(16-3)17-9-14-18-10(2)20-23-14;/h6-8H,5,9H2,1-4H3,(H2,16,17,19);1H. The van der Waals surface area contributed by atoms with Crippen molar-refractivity contribution in [3.8, 4) is 11.5 Å². The molecule has 132 valence electrons. The highest BCUT2D eigenvalue weighted by Crippen LogP contribution is 2.30. The van der Waals surface area contributed by atoms with Crippen molar-refractivity contribution in [2.24, 2.45) is 4.99 Å². The van der Waals surface area contributed by atoms with Crippen molar-refractivity contribution < 1.29 is 14.0 Å². The normalized spacial score (nSPS) is 10.8. The third kappa shape index (κ3) is 5.55. The maximum absolute atomic E-state index is 5.56. The molecule has 2 aromatic rings. The van der Waals surface area contributed by atoms with E-state index >= 15 is 0 Å². The molecule has 0 spiro atoms. The molecule has 0 saturated heterocycles. The summed E-state index contributed by atoms with van der Waals surface area (Å²) >= 11 is 0. The molecule has 8 nitrogen and oxygen atoms in total. The number of halogens is 1. The van der Waals surface area contributed by atoms with Gasteiger partial charge in [-0.2, -0.15) is 4.98 Å². The molecule has 9 heteroatoms. The summed E-state index contributed by atoms with van der Waals surface area (Å²) in [5.41, 5.74) is 0.823. The van der Waals surface area contributed by atoms with Gasteiger partial charge in [0.2, 0.25) is 5.89 Å². The van der Waals surface area contributed by atoms with Crippen LogP contribution in [0.3, 0.4) is 0 Å². The van der Waals surface area contributed by atoms with Crippen LogP contribution in [0, 0.1) is 6.92 Å². The number of nitrogens with zero attached hydrogens (tertiary/aromatic N) is 3. The quantitative estimate of drug-likeness (QED) is 0.400. The molecule has 0 fully saturated rings. The molecule has 1 aromatic heterocycles. The summed E-state index contributed by atoms with van der Waals surface area (Å²) in [5.74, 6) is 3.02. The average Bonchev–Trinajstić information content (AvgIpc) is 2.97. The van der Waals surface area contributed by atoms with E-state index in [4.69, 9.17) is 14.0 Å². The topological polar surface area (TPSA) is 93.8 Å². The molecule has 0 aliphatic carbocycles. The van der Waals surface area contributed by atoms with E-state index in [-0.39, 0.29) is 24.0 Å². The second-order valence-corrected chi connectivity index (χ2v) is 4.58. The Kier molecular flexibility index (Phi) is 8.30. The molecule has 0 aliphatic rings. The van der Waals surface area contributed by atoms with Crippen LogP contribution in [-0.4, -0.2) is 36.9 Å². The number of nitrogens with one attached hydrogen (secondary N) is 2. The molecule has 0 amide bonds. The van der Waals surface area contributed by atoms with Crippen molar-refractivity contribution in [3.05, 3.63) is 29.9 Å². The molecule has 1 heterocycles. The van der Waals surface area contributed by atoms with Crippen LogP contribution in [0.5, 0.6) is 11.5 Å². The number of methoxy groups -OCH3 is 1. The van der Waals surface area contributed by atoms with Crippen LogP contribution < -0.4 is 20.1 Å². The Balaban J connectivity index is 0.00000288. The SMILES string of the molecule is CCOc1cc(NC(=NC)NCc2nc(C)no2)ccc1OC.I. The van der Waals surface area contributed by atoms with Crippen molar-refractivity contribution in [2.45, 2.75) is 20.4 Å². The van der Waals surface area contributed by atoms with Crippen molar-refractivity contribution in [1.29, 1.82) is 0 Å². The Labute approximate surface area is 158 Å². The molecule has 1 aromatic carbocycles. The first-order chi connectivity index (χ1) is 11.2. The van der Waals surface area contributed by atoms with Gasteiger partial charge in [-0.15, -0.1) is 24.0 Å². The Morgan fingerprint density at radius 2 is 2.12 bits per heavy atom. The third-order valence-corrected chi connectivity index (χ3v) is 2.93. The highest BCUT2D eigenvalue weighted by atomic mass is 127. The lowest BCUT2D eigenvalue weighted by molar-refractivity contribution is 0.311.